The molecule has 3 rings (SSSR count). The minimum atomic E-state index is -0.371. The van der Waals surface area contributed by atoms with Gasteiger partial charge in [0.25, 0.3) is 0 Å². The lowest BCUT2D eigenvalue weighted by atomic mass is 10.1. The minimum absolute atomic E-state index is 0.371. The number of pyridine rings is 1. The van der Waals surface area contributed by atoms with E-state index in [9.17, 15) is 4.79 Å². The second-order valence-electron chi connectivity index (χ2n) is 5.52. The van der Waals surface area contributed by atoms with Gasteiger partial charge in [0, 0.05) is 5.69 Å². The van der Waals surface area contributed by atoms with Crippen molar-refractivity contribution in [1.29, 1.82) is 0 Å². The van der Waals surface area contributed by atoms with Crippen molar-refractivity contribution >= 4 is 17.0 Å². The van der Waals surface area contributed by atoms with Gasteiger partial charge in [-0.3, -0.25) is 0 Å². The van der Waals surface area contributed by atoms with E-state index in [0.717, 1.165) is 28.9 Å². The van der Waals surface area contributed by atoms with Crippen LogP contribution in [0.15, 0.2) is 30.3 Å². The Kier molecular flexibility index (Phi) is 3.86. The summed E-state index contributed by atoms with van der Waals surface area (Å²) in [5, 5.41) is 5.32. The number of carbonyl (C=O) groups is 1. The van der Waals surface area contributed by atoms with Crippen molar-refractivity contribution in [3.63, 3.8) is 0 Å². The summed E-state index contributed by atoms with van der Waals surface area (Å²) >= 11 is 0. The van der Waals surface area contributed by atoms with Crippen molar-refractivity contribution in [2.75, 3.05) is 7.11 Å². The van der Waals surface area contributed by atoms with Crippen LogP contribution in [0.25, 0.3) is 16.7 Å². The van der Waals surface area contributed by atoms with Crippen molar-refractivity contribution in [2.24, 2.45) is 0 Å². The van der Waals surface area contributed by atoms with Crippen LogP contribution >= 0.6 is 0 Å². The van der Waals surface area contributed by atoms with Crippen molar-refractivity contribution in [3.05, 3.63) is 52.8 Å². The number of carbonyl (C=O) groups excluding carboxylic acids is 1. The molecule has 1 aromatic carbocycles. The molecule has 2 aromatic heterocycles. The van der Waals surface area contributed by atoms with E-state index in [0.29, 0.717) is 11.2 Å². The SMILES string of the molecule is CCc1ccc(-n2nc(C)c3c(C(=O)OC)cc(C)nc32)cc1. The molecule has 0 spiro atoms. The van der Waals surface area contributed by atoms with Crippen LogP contribution in [0.4, 0.5) is 0 Å². The maximum absolute atomic E-state index is 12.1. The van der Waals surface area contributed by atoms with Gasteiger partial charge < -0.3 is 4.74 Å². The van der Waals surface area contributed by atoms with Crippen LogP contribution in [0.2, 0.25) is 0 Å². The number of aromatic nitrogens is 3. The van der Waals surface area contributed by atoms with Gasteiger partial charge in [-0.2, -0.15) is 5.10 Å². The van der Waals surface area contributed by atoms with Gasteiger partial charge in [-0.15, -0.1) is 0 Å². The number of benzene rings is 1. The Morgan fingerprint density at radius 2 is 1.91 bits per heavy atom. The molecule has 0 saturated heterocycles. The van der Waals surface area contributed by atoms with Crippen LogP contribution in [0.1, 0.15) is 34.2 Å². The number of hydrogen-bond donors (Lipinski definition) is 0. The Hall–Kier alpha value is -2.69. The second kappa shape index (κ2) is 5.83. The smallest absolute Gasteiger partial charge is 0.338 e. The van der Waals surface area contributed by atoms with E-state index in [4.69, 9.17) is 4.74 Å². The number of aryl methyl sites for hydroxylation is 3. The van der Waals surface area contributed by atoms with Crippen molar-refractivity contribution in [2.45, 2.75) is 27.2 Å². The first-order chi connectivity index (χ1) is 11.0. The average molecular weight is 309 g/mol. The van der Waals surface area contributed by atoms with Crippen LogP contribution in [0.5, 0.6) is 0 Å². The molecule has 0 N–H and O–H groups in total. The lowest BCUT2D eigenvalue weighted by molar-refractivity contribution is 0.0602. The summed E-state index contributed by atoms with van der Waals surface area (Å²) in [5.41, 5.74) is 4.88. The maximum Gasteiger partial charge on any atom is 0.338 e. The third-order valence-corrected chi connectivity index (χ3v) is 3.94. The molecule has 2 heterocycles. The van der Waals surface area contributed by atoms with Gasteiger partial charge in [0.2, 0.25) is 0 Å². The number of esters is 1. The largest absolute Gasteiger partial charge is 0.465 e. The number of fused-ring (bicyclic) bond motifs is 1. The average Bonchev–Trinajstić information content (AvgIpc) is 2.90. The zero-order chi connectivity index (χ0) is 16.6. The van der Waals surface area contributed by atoms with Gasteiger partial charge >= 0.3 is 5.97 Å². The van der Waals surface area contributed by atoms with E-state index in [1.807, 2.05) is 26.0 Å². The van der Waals surface area contributed by atoms with Gasteiger partial charge in [0.05, 0.1) is 29.4 Å². The standard InChI is InChI=1S/C18H19N3O2/c1-5-13-6-8-14(9-7-13)21-17-16(12(3)20-21)15(18(22)23-4)10-11(2)19-17/h6-10H,5H2,1-4H3. The molecule has 0 fully saturated rings. The highest BCUT2D eigenvalue weighted by atomic mass is 16.5. The molecule has 0 amide bonds. The zero-order valence-electron chi connectivity index (χ0n) is 13.8. The summed E-state index contributed by atoms with van der Waals surface area (Å²) in [6, 6.07) is 9.94. The van der Waals surface area contributed by atoms with Crippen molar-refractivity contribution in [1.82, 2.24) is 14.8 Å². The van der Waals surface area contributed by atoms with Crippen LogP contribution < -0.4 is 0 Å². The van der Waals surface area contributed by atoms with Gasteiger partial charge in [0.1, 0.15) is 0 Å². The Morgan fingerprint density at radius 3 is 2.52 bits per heavy atom. The normalized spacial score (nSPS) is 11.0. The lowest BCUT2D eigenvalue weighted by Gasteiger charge is -2.06. The highest BCUT2D eigenvalue weighted by Gasteiger charge is 2.19. The minimum Gasteiger partial charge on any atom is -0.465 e. The van der Waals surface area contributed by atoms with E-state index in [2.05, 4.69) is 29.1 Å². The van der Waals surface area contributed by atoms with E-state index < -0.39 is 0 Å². The third kappa shape index (κ3) is 2.59. The summed E-state index contributed by atoms with van der Waals surface area (Å²) in [5.74, 6) is -0.371. The lowest BCUT2D eigenvalue weighted by Crippen LogP contribution is -2.05. The second-order valence-corrected chi connectivity index (χ2v) is 5.52. The van der Waals surface area contributed by atoms with E-state index in [-0.39, 0.29) is 5.97 Å². The Labute approximate surface area is 134 Å². The fraction of sp³-hybridized carbons (Fsp3) is 0.278. The quantitative estimate of drug-likeness (QED) is 0.696. The van der Waals surface area contributed by atoms with Crippen molar-refractivity contribution in [3.8, 4) is 5.69 Å². The molecule has 0 aliphatic rings. The van der Waals surface area contributed by atoms with Gasteiger partial charge in [-0.1, -0.05) is 19.1 Å². The molecule has 0 aliphatic heterocycles. The summed E-state index contributed by atoms with van der Waals surface area (Å²) in [4.78, 5) is 16.7. The van der Waals surface area contributed by atoms with Crippen LogP contribution in [0.3, 0.4) is 0 Å². The van der Waals surface area contributed by atoms with Gasteiger partial charge in [-0.25, -0.2) is 14.5 Å². The maximum atomic E-state index is 12.1. The summed E-state index contributed by atoms with van der Waals surface area (Å²) in [6.07, 6.45) is 0.989. The zero-order valence-corrected chi connectivity index (χ0v) is 13.8. The van der Waals surface area contributed by atoms with Crippen LogP contribution in [0, 0.1) is 13.8 Å². The summed E-state index contributed by atoms with van der Waals surface area (Å²) in [6.45, 7) is 5.86. The monoisotopic (exact) mass is 309 g/mol. The molecular weight excluding hydrogens is 290 g/mol. The molecule has 0 aliphatic carbocycles. The molecule has 0 bridgehead atoms. The number of nitrogens with zero attached hydrogens (tertiary/aromatic N) is 3. The molecule has 5 heteroatoms. The molecule has 0 radical (unpaired) electrons. The molecule has 3 aromatic rings. The third-order valence-electron chi connectivity index (χ3n) is 3.94. The molecule has 118 valence electrons. The molecule has 0 atom stereocenters. The highest BCUT2D eigenvalue weighted by Crippen LogP contribution is 2.25. The van der Waals surface area contributed by atoms with E-state index in [1.165, 1.54) is 12.7 Å². The van der Waals surface area contributed by atoms with Crippen molar-refractivity contribution < 1.29 is 9.53 Å². The number of hydrogen-bond acceptors (Lipinski definition) is 4. The van der Waals surface area contributed by atoms with Crippen LogP contribution in [-0.4, -0.2) is 27.8 Å². The van der Waals surface area contributed by atoms with E-state index >= 15 is 0 Å². The topological polar surface area (TPSA) is 57.0 Å². The first kappa shape index (κ1) is 15.2. The first-order valence-corrected chi connectivity index (χ1v) is 7.59. The Bertz CT molecular complexity index is 879. The Morgan fingerprint density at radius 1 is 1.22 bits per heavy atom. The summed E-state index contributed by atoms with van der Waals surface area (Å²) < 4.78 is 6.68. The molecule has 0 unspecified atom stereocenters. The summed E-state index contributed by atoms with van der Waals surface area (Å²) in [7, 11) is 1.38. The van der Waals surface area contributed by atoms with E-state index in [1.54, 1.807) is 10.7 Å². The Balaban J connectivity index is 2.26. The predicted octanol–water partition coefficient (Wildman–Crippen LogP) is 3.39. The van der Waals surface area contributed by atoms with Gasteiger partial charge in [0.15, 0.2) is 5.65 Å². The van der Waals surface area contributed by atoms with Crippen LogP contribution in [-0.2, 0) is 11.2 Å². The fourth-order valence-corrected chi connectivity index (χ4v) is 2.74. The molecule has 5 nitrogen and oxygen atoms in total. The molecule has 0 saturated carbocycles. The van der Waals surface area contributed by atoms with Gasteiger partial charge in [-0.05, 0) is 44.0 Å². The molecular formula is C18H19N3O2. The fourth-order valence-electron chi connectivity index (χ4n) is 2.74. The highest BCUT2D eigenvalue weighted by molar-refractivity contribution is 6.04. The predicted molar refractivity (Wildman–Crippen MR) is 89.1 cm³/mol. The first-order valence-electron chi connectivity index (χ1n) is 7.59. The number of ether oxygens (including phenoxy) is 1. The number of rotatable bonds is 3. The number of methoxy groups -OCH3 is 1. The molecule has 23 heavy (non-hydrogen) atoms.